The van der Waals surface area contributed by atoms with Gasteiger partial charge in [0, 0.05) is 13.2 Å². The molecule has 1 fully saturated rings. The third-order valence-electron chi connectivity index (χ3n) is 3.86. The van der Waals surface area contributed by atoms with E-state index in [1.54, 1.807) is 0 Å². The van der Waals surface area contributed by atoms with Crippen LogP contribution in [0.5, 0.6) is 0 Å². The summed E-state index contributed by atoms with van der Waals surface area (Å²) in [7, 11) is 0. The molecule has 0 aromatic carbocycles. The van der Waals surface area contributed by atoms with Crippen LogP contribution in [0.25, 0.3) is 0 Å². The summed E-state index contributed by atoms with van der Waals surface area (Å²) < 4.78 is 5.56. The Morgan fingerprint density at radius 3 is 2.52 bits per heavy atom. The highest BCUT2D eigenvalue weighted by atomic mass is 16.5. The zero-order chi connectivity index (χ0) is 15.8. The molecule has 1 amide bonds. The summed E-state index contributed by atoms with van der Waals surface area (Å²) in [6.45, 7) is 12.3. The maximum absolute atomic E-state index is 12.5. The van der Waals surface area contributed by atoms with E-state index in [9.17, 15) is 4.79 Å². The fraction of sp³-hybridized carbons (Fsp3) is 0.941. The maximum atomic E-state index is 12.5. The maximum Gasteiger partial charge on any atom is 0.241 e. The summed E-state index contributed by atoms with van der Waals surface area (Å²) in [4.78, 5) is 14.6. The molecule has 1 saturated heterocycles. The van der Waals surface area contributed by atoms with Crippen molar-refractivity contribution in [3.63, 3.8) is 0 Å². The summed E-state index contributed by atoms with van der Waals surface area (Å²) in [5, 5.41) is 3.53. The molecule has 0 aromatic heterocycles. The van der Waals surface area contributed by atoms with Crippen LogP contribution in [0.2, 0.25) is 0 Å². The highest BCUT2D eigenvalue weighted by Gasteiger charge is 2.37. The Morgan fingerprint density at radius 1 is 1.24 bits per heavy atom. The van der Waals surface area contributed by atoms with Crippen molar-refractivity contribution in [2.24, 2.45) is 5.92 Å². The van der Waals surface area contributed by atoms with Crippen LogP contribution in [-0.4, -0.2) is 42.3 Å². The molecule has 1 aliphatic heterocycles. The van der Waals surface area contributed by atoms with E-state index in [2.05, 4.69) is 44.8 Å². The topological polar surface area (TPSA) is 41.6 Å². The van der Waals surface area contributed by atoms with E-state index >= 15 is 0 Å². The Labute approximate surface area is 130 Å². The molecule has 1 aliphatic rings. The second-order valence-corrected chi connectivity index (χ2v) is 6.81. The van der Waals surface area contributed by atoms with E-state index in [4.69, 9.17) is 4.74 Å². The number of amides is 1. The van der Waals surface area contributed by atoms with Crippen LogP contribution >= 0.6 is 0 Å². The molecule has 0 spiro atoms. The van der Waals surface area contributed by atoms with Gasteiger partial charge in [0.05, 0.1) is 18.3 Å². The standard InChI is InChI=1S/C17H34N2O2/c1-6-9-16-18-15(12-13(2)3)17(20)19(16)10-7-8-11-21-14(4)5/h13-16,18H,6-12H2,1-5H3. The van der Waals surface area contributed by atoms with Crippen molar-refractivity contribution in [3.8, 4) is 0 Å². The van der Waals surface area contributed by atoms with Gasteiger partial charge >= 0.3 is 0 Å². The Morgan fingerprint density at radius 2 is 1.95 bits per heavy atom. The Hall–Kier alpha value is -0.610. The Balaban J connectivity index is 2.42. The minimum absolute atomic E-state index is 0.0217. The third kappa shape index (κ3) is 6.35. The minimum atomic E-state index is 0.0217. The molecule has 2 atom stereocenters. The van der Waals surface area contributed by atoms with E-state index in [1.807, 2.05) is 0 Å². The molecule has 4 nitrogen and oxygen atoms in total. The molecule has 2 unspecified atom stereocenters. The normalized spacial score (nSPS) is 22.8. The van der Waals surface area contributed by atoms with Crippen LogP contribution in [0.4, 0.5) is 0 Å². The number of nitrogens with one attached hydrogen (secondary N) is 1. The molecule has 21 heavy (non-hydrogen) atoms. The van der Waals surface area contributed by atoms with Gasteiger partial charge in [0.1, 0.15) is 0 Å². The van der Waals surface area contributed by atoms with Crippen molar-refractivity contribution in [2.45, 2.75) is 85.0 Å². The molecule has 1 rings (SSSR count). The van der Waals surface area contributed by atoms with Crippen molar-refractivity contribution in [1.82, 2.24) is 10.2 Å². The molecule has 0 radical (unpaired) electrons. The third-order valence-corrected chi connectivity index (χ3v) is 3.86. The average Bonchev–Trinajstić information content (AvgIpc) is 2.66. The van der Waals surface area contributed by atoms with Gasteiger partial charge in [-0.25, -0.2) is 0 Å². The first-order chi connectivity index (χ1) is 9.95. The number of carbonyl (C=O) groups is 1. The number of unbranched alkanes of at least 4 members (excludes halogenated alkanes) is 1. The zero-order valence-electron chi connectivity index (χ0n) is 14.5. The van der Waals surface area contributed by atoms with Crippen LogP contribution in [0.3, 0.4) is 0 Å². The molecular weight excluding hydrogens is 264 g/mol. The van der Waals surface area contributed by atoms with Gasteiger partial charge < -0.3 is 9.64 Å². The van der Waals surface area contributed by atoms with Crippen molar-refractivity contribution in [2.75, 3.05) is 13.2 Å². The largest absolute Gasteiger partial charge is 0.379 e. The van der Waals surface area contributed by atoms with Crippen molar-refractivity contribution in [3.05, 3.63) is 0 Å². The van der Waals surface area contributed by atoms with Gasteiger partial charge in [-0.15, -0.1) is 0 Å². The lowest BCUT2D eigenvalue weighted by Gasteiger charge is -2.23. The predicted molar refractivity (Wildman–Crippen MR) is 87.1 cm³/mol. The van der Waals surface area contributed by atoms with E-state index in [1.165, 1.54) is 0 Å². The smallest absolute Gasteiger partial charge is 0.241 e. The minimum Gasteiger partial charge on any atom is -0.379 e. The van der Waals surface area contributed by atoms with E-state index in [0.717, 1.165) is 45.3 Å². The summed E-state index contributed by atoms with van der Waals surface area (Å²) in [6.07, 6.45) is 5.66. The zero-order valence-corrected chi connectivity index (χ0v) is 14.5. The van der Waals surface area contributed by atoms with Crippen LogP contribution in [0, 0.1) is 5.92 Å². The van der Waals surface area contributed by atoms with Crippen molar-refractivity contribution in [1.29, 1.82) is 0 Å². The fourth-order valence-corrected chi connectivity index (χ4v) is 2.87. The average molecular weight is 298 g/mol. The first-order valence-corrected chi connectivity index (χ1v) is 8.63. The lowest BCUT2D eigenvalue weighted by Crippen LogP contribution is -2.38. The number of carbonyl (C=O) groups excluding carboxylic acids is 1. The van der Waals surface area contributed by atoms with Crippen molar-refractivity contribution >= 4 is 5.91 Å². The first-order valence-electron chi connectivity index (χ1n) is 8.63. The number of hydrogen-bond acceptors (Lipinski definition) is 3. The van der Waals surface area contributed by atoms with E-state index in [0.29, 0.717) is 17.9 Å². The molecule has 124 valence electrons. The Kier molecular flexibility index (Phi) is 8.27. The fourth-order valence-electron chi connectivity index (χ4n) is 2.87. The molecule has 0 aliphatic carbocycles. The molecule has 0 bridgehead atoms. The highest BCUT2D eigenvalue weighted by Crippen LogP contribution is 2.20. The van der Waals surface area contributed by atoms with Crippen LogP contribution in [-0.2, 0) is 9.53 Å². The van der Waals surface area contributed by atoms with Gasteiger partial charge in [-0.1, -0.05) is 27.2 Å². The van der Waals surface area contributed by atoms with E-state index < -0.39 is 0 Å². The molecular formula is C17H34N2O2. The summed E-state index contributed by atoms with van der Waals surface area (Å²) >= 11 is 0. The van der Waals surface area contributed by atoms with Gasteiger partial charge in [-0.2, -0.15) is 0 Å². The van der Waals surface area contributed by atoms with Gasteiger partial charge in [0.25, 0.3) is 0 Å². The lowest BCUT2D eigenvalue weighted by molar-refractivity contribution is -0.130. The van der Waals surface area contributed by atoms with Gasteiger partial charge in [0.15, 0.2) is 0 Å². The summed E-state index contributed by atoms with van der Waals surface area (Å²) in [6, 6.07) is 0.0217. The number of rotatable bonds is 10. The molecule has 4 heteroatoms. The molecule has 0 saturated carbocycles. The lowest BCUT2D eigenvalue weighted by atomic mass is 10.0. The van der Waals surface area contributed by atoms with Crippen LogP contribution < -0.4 is 5.32 Å². The number of nitrogens with zero attached hydrogens (tertiary/aromatic N) is 1. The molecule has 0 aromatic rings. The summed E-state index contributed by atoms with van der Waals surface area (Å²) in [5.74, 6) is 0.847. The predicted octanol–water partition coefficient (Wildman–Crippen LogP) is 3.16. The second-order valence-electron chi connectivity index (χ2n) is 6.81. The number of hydrogen-bond donors (Lipinski definition) is 1. The SMILES string of the molecule is CCCC1NC(CC(C)C)C(=O)N1CCCCOC(C)C. The summed E-state index contributed by atoms with van der Waals surface area (Å²) in [5.41, 5.74) is 0. The highest BCUT2D eigenvalue weighted by molar-refractivity contribution is 5.84. The van der Waals surface area contributed by atoms with E-state index in [-0.39, 0.29) is 12.2 Å². The number of ether oxygens (including phenoxy) is 1. The van der Waals surface area contributed by atoms with Crippen molar-refractivity contribution < 1.29 is 9.53 Å². The quantitative estimate of drug-likeness (QED) is 0.630. The monoisotopic (exact) mass is 298 g/mol. The van der Waals surface area contributed by atoms with Crippen LogP contribution in [0.15, 0.2) is 0 Å². The van der Waals surface area contributed by atoms with Crippen LogP contribution in [0.1, 0.15) is 66.7 Å². The van der Waals surface area contributed by atoms with Gasteiger partial charge in [0.2, 0.25) is 5.91 Å². The second kappa shape index (κ2) is 9.42. The van der Waals surface area contributed by atoms with Gasteiger partial charge in [-0.05, 0) is 45.4 Å². The Bertz CT molecular complexity index is 305. The molecule has 1 heterocycles. The first kappa shape index (κ1) is 18.4. The van der Waals surface area contributed by atoms with Gasteiger partial charge in [-0.3, -0.25) is 10.1 Å². The molecule has 1 N–H and O–H groups in total.